The number of anilines is 1. The van der Waals surface area contributed by atoms with Gasteiger partial charge >= 0.3 is 0 Å². The fourth-order valence-corrected chi connectivity index (χ4v) is 1.87. The van der Waals surface area contributed by atoms with E-state index in [9.17, 15) is 14.4 Å². The minimum Gasteiger partial charge on any atom is -0.355 e. The maximum atomic E-state index is 11.8. The highest BCUT2D eigenvalue weighted by Gasteiger charge is 2.18. The summed E-state index contributed by atoms with van der Waals surface area (Å²) in [4.78, 5) is 33.7. The van der Waals surface area contributed by atoms with E-state index in [0.717, 1.165) is 5.56 Å². The van der Waals surface area contributed by atoms with E-state index in [1.54, 1.807) is 18.2 Å². The highest BCUT2D eigenvalue weighted by Crippen LogP contribution is 2.23. The van der Waals surface area contributed by atoms with Crippen molar-refractivity contribution in [3.63, 3.8) is 0 Å². The Morgan fingerprint density at radius 3 is 2.74 bits per heavy atom. The summed E-state index contributed by atoms with van der Waals surface area (Å²) in [5.74, 6) is -0.415. The predicted octanol–water partition coefficient (Wildman–Crippen LogP) is 0.0471. The number of fused-ring (bicyclic) bond motifs is 1. The van der Waals surface area contributed by atoms with Crippen LogP contribution in [0.4, 0.5) is 5.69 Å². The van der Waals surface area contributed by atoms with Gasteiger partial charge < -0.3 is 16.0 Å². The Bertz CT molecular complexity index is 540. The Labute approximate surface area is 110 Å². The fourth-order valence-electron chi connectivity index (χ4n) is 1.87. The van der Waals surface area contributed by atoms with Gasteiger partial charge in [0.1, 0.15) is 0 Å². The monoisotopic (exact) mass is 261 g/mol. The molecular weight excluding hydrogens is 246 g/mol. The summed E-state index contributed by atoms with van der Waals surface area (Å²) in [6.07, 6.45) is 0.361. The minimum absolute atomic E-state index is 0.0572. The van der Waals surface area contributed by atoms with Gasteiger partial charge in [0.2, 0.25) is 11.8 Å². The van der Waals surface area contributed by atoms with E-state index in [4.69, 9.17) is 0 Å². The number of amides is 3. The second kappa shape index (κ2) is 5.51. The lowest BCUT2D eigenvalue weighted by molar-refractivity contribution is -0.119. The van der Waals surface area contributed by atoms with Crippen LogP contribution in [0.5, 0.6) is 0 Å². The molecule has 1 heterocycles. The molecular formula is C13H15N3O3. The molecule has 0 aromatic heterocycles. The van der Waals surface area contributed by atoms with Gasteiger partial charge in [-0.15, -0.1) is 0 Å². The number of rotatable bonds is 4. The summed E-state index contributed by atoms with van der Waals surface area (Å²) in [6.45, 7) is 2.18. The van der Waals surface area contributed by atoms with Crippen molar-refractivity contribution in [3.05, 3.63) is 29.3 Å². The molecule has 0 fully saturated rings. The van der Waals surface area contributed by atoms with Crippen LogP contribution in [-0.2, 0) is 16.0 Å². The number of carbonyl (C=O) groups is 3. The third kappa shape index (κ3) is 3.31. The molecule has 1 aromatic rings. The molecule has 0 spiro atoms. The van der Waals surface area contributed by atoms with Gasteiger partial charge in [-0.2, -0.15) is 0 Å². The van der Waals surface area contributed by atoms with Gasteiger partial charge in [-0.3, -0.25) is 14.4 Å². The molecule has 0 unspecified atom stereocenters. The van der Waals surface area contributed by atoms with Crippen molar-refractivity contribution >= 4 is 23.4 Å². The van der Waals surface area contributed by atoms with Crippen LogP contribution in [-0.4, -0.2) is 30.8 Å². The molecule has 0 bridgehead atoms. The lowest BCUT2D eigenvalue weighted by Crippen LogP contribution is -2.33. The van der Waals surface area contributed by atoms with Gasteiger partial charge in [0.05, 0.1) is 6.42 Å². The molecule has 6 heteroatoms. The van der Waals surface area contributed by atoms with Crippen molar-refractivity contribution in [2.75, 3.05) is 18.4 Å². The lowest BCUT2D eigenvalue weighted by atomic mass is 10.1. The van der Waals surface area contributed by atoms with Crippen LogP contribution in [0, 0.1) is 0 Å². The third-order valence-corrected chi connectivity index (χ3v) is 2.78. The summed E-state index contributed by atoms with van der Waals surface area (Å²) in [5.41, 5.74) is 2.09. The molecule has 3 amide bonds. The largest absolute Gasteiger partial charge is 0.355 e. The number of hydrogen-bond acceptors (Lipinski definition) is 3. The molecule has 2 rings (SSSR count). The molecule has 3 N–H and O–H groups in total. The quantitative estimate of drug-likeness (QED) is 0.669. The summed E-state index contributed by atoms with van der Waals surface area (Å²) >= 11 is 0. The molecule has 1 aliphatic heterocycles. The maximum absolute atomic E-state index is 11.8. The van der Waals surface area contributed by atoms with Crippen LogP contribution in [0.15, 0.2) is 18.2 Å². The zero-order valence-corrected chi connectivity index (χ0v) is 10.6. The van der Waals surface area contributed by atoms with Gasteiger partial charge in [0, 0.05) is 31.3 Å². The van der Waals surface area contributed by atoms with Gasteiger partial charge in [0.25, 0.3) is 5.91 Å². The number of nitrogens with one attached hydrogen (secondary N) is 3. The molecule has 0 saturated carbocycles. The van der Waals surface area contributed by atoms with Crippen LogP contribution in [0.2, 0.25) is 0 Å². The SMILES string of the molecule is CC(=O)NCCNC(=O)c1ccc2c(c1)NC(=O)C2. The molecule has 100 valence electrons. The van der Waals surface area contributed by atoms with Gasteiger partial charge in [-0.25, -0.2) is 0 Å². The van der Waals surface area contributed by atoms with Gasteiger partial charge in [-0.05, 0) is 17.7 Å². The second-order valence-corrected chi connectivity index (χ2v) is 4.34. The van der Waals surface area contributed by atoms with E-state index in [1.807, 2.05) is 0 Å². The Morgan fingerprint density at radius 1 is 1.26 bits per heavy atom. The van der Waals surface area contributed by atoms with E-state index in [0.29, 0.717) is 30.8 Å². The van der Waals surface area contributed by atoms with Crippen LogP contribution in [0.3, 0.4) is 0 Å². The minimum atomic E-state index is -0.227. The van der Waals surface area contributed by atoms with Gasteiger partial charge in [0.15, 0.2) is 0 Å². The Balaban J connectivity index is 1.91. The fraction of sp³-hybridized carbons (Fsp3) is 0.308. The normalized spacial score (nSPS) is 12.6. The second-order valence-electron chi connectivity index (χ2n) is 4.34. The molecule has 0 atom stereocenters. The number of carbonyl (C=O) groups excluding carboxylic acids is 3. The molecule has 0 saturated heterocycles. The zero-order valence-electron chi connectivity index (χ0n) is 10.6. The van der Waals surface area contributed by atoms with Crippen LogP contribution in [0.25, 0.3) is 0 Å². The summed E-state index contributed by atoms with van der Waals surface area (Å²) in [6, 6.07) is 5.12. The van der Waals surface area contributed by atoms with Crippen molar-refractivity contribution in [2.45, 2.75) is 13.3 Å². The van der Waals surface area contributed by atoms with E-state index in [1.165, 1.54) is 6.92 Å². The van der Waals surface area contributed by atoms with Crippen LogP contribution in [0.1, 0.15) is 22.8 Å². The Morgan fingerprint density at radius 2 is 2.00 bits per heavy atom. The highest BCUT2D eigenvalue weighted by molar-refractivity contribution is 6.02. The van der Waals surface area contributed by atoms with Crippen molar-refractivity contribution in [2.24, 2.45) is 0 Å². The molecule has 0 radical (unpaired) electrons. The van der Waals surface area contributed by atoms with Gasteiger partial charge in [-0.1, -0.05) is 6.07 Å². The number of benzene rings is 1. The lowest BCUT2D eigenvalue weighted by Gasteiger charge is -2.07. The van der Waals surface area contributed by atoms with Crippen molar-refractivity contribution in [3.8, 4) is 0 Å². The first-order chi connectivity index (χ1) is 9.06. The molecule has 19 heavy (non-hydrogen) atoms. The molecule has 1 aromatic carbocycles. The van der Waals surface area contributed by atoms with Crippen molar-refractivity contribution in [1.82, 2.24) is 10.6 Å². The third-order valence-electron chi connectivity index (χ3n) is 2.78. The summed E-state index contributed by atoms with van der Waals surface area (Å²) in [5, 5.41) is 7.98. The van der Waals surface area contributed by atoms with Crippen molar-refractivity contribution < 1.29 is 14.4 Å². The van der Waals surface area contributed by atoms with Crippen LogP contribution >= 0.6 is 0 Å². The molecule has 1 aliphatic rings. The average Bonchev–Trinajstić information content (AvgIpc) is 2.73. The molecule has 0 aliphatic carbocycles. The highest BCUT2D eigenvalue weighted by atomic mass is 16.2. The van der Waals surface area contributed by atoms with Crippen LogP contribution < -0.4 is 16.0 Å². The zero-order chi connectivity index (χ0) is 13.8. The maximum Gasteiger partial charge on any atom is 0.251 e. The standard InChI is InChI=1S/C13H15N3O3/c1-8(17)14-4-5-15-13(19)10-3-2-9-7-12(18)16-11(9)6-10/h2-3,6H,4-5,7H2,1H3,(H,14,17)(H,15,19)(H,16,18). The number of hydrogen-bond donors (Lipinski definition) is 3. The Hall–Kier alpha value is -2.37. The predicted molar refractivity (Wildman–Crippen MR) is 69.8 cm³/mol. The first-order valence-electron chi connectivity index (χ1n) is 6.01. The first kappa shape index (κ1) is 13.1. The molecule has 6 nitrogen and oxygen atoms in total. The van der Waals surface area contributed by atoms with E-state index in [2.05, 4.69) is 16.0 Å². The topological polar surface area (TPSA) is 87.3 Å². The van der Waals surface area contributed by atoms with E-state index < -0.39 is 0 Å². The first-order valence-corrected chi connectivity index (χ1v) is 6.01. The average molecular weight is 261 g/mol. The van der Waals surface area contributed by atoms with E-state index in [-0.39, 0.29) is 17.7 Å². The Kier molecular flexibility index (Phi) is 3.79. The van der Waals surface area contributed by atoms with Crippen molar-refractivity contribution in [1.29, 1.82) is 0 Å². The summed E-state index contributed by atoms with van der Waals surface area (Å²) < 4.78 is 0. The van der Waals surface area contributed by atoms with E-state index >= 15 is 0 Å². The summed E-state index contributed by atoms with van der Waals surface area (Å²) in [7, 11) is 0. The smallest absolute Gasteiger partial charge is 0.251 e.